The van der Waals surface area contributed by atoms with Gasteiger partial charge < -0.3 is 10.1 Å². The number of benzene rings is 1. The van der Waals surface area contributed by atoms with E-state index < -0.39 is 11.7 Å². The van der Waals surface area contributed by atoms with E-state index >= 15 is 0 Å². The molecule has 1 heterocycles. The topological polar surface area (TPSA) is 59.9 Å². The number of nitrogens with zero attached hydrogens (tertiary/aromatic N) is 3. The molecule has 0 saturated carbocycles. The number of halogens is 3. The summed E-state index contributed by atoms with van der Waals surface area (Å²) < 4.78 is 42.6. The highest BCUT2D eigenvalue weighted by Crippen LogP contribution is 2.30. The number of ether oxygens (including phenoxy) is 1. The number of aromatic nitrogens is 3. The third-order valence-corrected chi connectivity index (χ3v) is 2.60. The Hall–Kier alpha value is -2.38. The molecule has 0 aliphatic carbocycles. The number of anilines is 1. The second-order valence-electron chi connectivity index (χ2n) is 4.07. The fourth-order valence-corrected chi connectivity index (χ4v) is 1.62. The maximum Gasteiger partial charge on any atom is 0.416 e. The standard InChI is InChI=1S/C13H13F3N4O/c1-3-17-11-18-10(19-12(20-11)21-2)8-4-6-9(7-5-8)13(14,15)16/h4-7H,3H2,1-2H3,(H,17,18,19,20). The Morgan fingerprint density at radius 3 is 2.29 bits per heavy atom. The Labute approximate surface area is 119 Å². The van der Waals surface area contributed by atoms with Crippen molar-refractivity contribution in [2.24, 2.45) is 0 Å². The molecule has 0 spiro atoms. The molecule has 1 N–H and O–H groups in total. The number of alkyl halides is 3. The minimum Gasteiger partial charge on any atom is -0.467 e. The Bertz CT molecular complexity index is 614. The van der Waals surface area contributed by atoms with Crippen LogP contribution in [0.4, 0.5) is 19.1 Å². The molecule has 112 valence electrons. The van der Waals surface area contributed by atoms with Crippen LogP contribution in [0.15, 0.2) is 24.3 Å². The lowest BCUT2D eigenvalue weighted by Crippen LogP contribution is -2.07. The fraction of sp³-hybridized carbons (Fsp3) is 0.308. The molecule has 0 atom stereocenters. The first-order chi connectivity index (χ1) is 9.94. The lowest BCUT2D eigenvalue weighted by Gasteiger charge is -2.09. The van der Waals surface area contributed by atoms with Crippen molar-refractivity contribution in [1.82, 2.24) is 15.0 Å². The Kier molecular flexibility index (Phi) is 4.25. The van der Waals surface area contributed by atoms with Crippen LogP contribution in [0, 0.1) is 0 Å². The smallest absolute Gasteiger partial charge is 0.416 e. The summed E-state index contributed by atoms with van der Waals surface area (Å²) in [4.78, 5) is 12.2. The van der Waals surface area contributed by atoms with Gasteiger partial charge in [-0.3, -0.25) is 0 Å². The van der Waals surface area contributed by atoms with Crippen molar-refractivity contribution in [2.75, 3.05) is 19.0 Å². The first kappa shape index (κ1) is 15.0. The summed E-state index contributed by atoms with van der Waals surface area (Å²) in [6, 6.07) is 4.69. The minimum atomic E-state index is -4.37. The summed E-state index contributed by atoms with van der Waals surface area (Å²) in [6.45, 7) is 2.47. The molecule has 0 amide bonds. The molecule has 0 unspecified atom stereocenters. The van der Waals surface area contributed by atoms with E-state index in [-0.39, 0.29) is 11.8 Å². The number of hydrogen-bond acceptors (Lipinski definition) is 5. The third-order valence-electron chi connectivity index (χ3n) is 2.60. The molecular weight excluding hydrogens is 285 g/mol. The normalized spacial score (nSPS) is 11.3. The average Bonchev–Trinajstić information content (AvgIpc) is 2.46. The van der Waals surface area contributed by atoms with Crippen LogP contribution in [0.3, 0.4) is 0 Å². The van der Waals surface area contributed by atoms with Gasteiger partial charge in [-0.25, -0.2) is 0 Å². The van der Waals surface area contributed by atoms with Crippen molar-refractivity contribution in [3.05, 3.63) is 29.8 Å². The molecule has 2 aromatic rings. The average molecular weight is 298 g/mol. The van der Waals surface area contributed by atoms with Gasteiger partial charge in [0.2, 0.25) is 5.95 Å². The molecule has 5 nitrogen and oxygen atoms in total. The van der Waals surface area contributed by atoms with Gasteiger partial charge in [-0.15, -0.1) is 0 Å². The maximum absolute atomic E-state index is 12.5. The molecule has 0 radical (unpaired) electrons. The fourth-order valence-electron chi connectivity index (χ4n) is 1.62. The predicted octanol–water partition coefficient (Wildman–Crippen LogP) is 3.00. The molecule has 1 aromatic heterocycles. The van der Waals surface area contributed by atoms with E-state index in [0.717, 1.165) is 12.1 Å². The monoisotopic (exact) mass is 298 g/mol. The van der Waals surface area contributed by atoms with Gasteiger partial charge >= 0.3 is 12.2 Å². The number of nitrogens with one attached hydrogen (secondary N) is 1. The van der Waals surface area contributed by atoms with Gasteiger partial charge in [0.1, 0.15) is 0 Å². The van der Waals surface area contributed by atoms with E-state index in [1.807, 2.05) is 6.92 Å². The lowest BCUT2D eigenvalue weighted by molar-refractivity contribution is -0.137. The maximum atomic E-state index is 12.5. The van der Waals surface area contributed by atoms with Gasteiger partial charge in [-0.1, -0.05) is 12.1 Å². The van der Waals surface area contributed by atoms with E-state index in [1.54, 1.807) is 0 Å². The largest absolute Gasteiger partial charge is 0.467 e. The van der Waals surface area contributed by atoms with Gasteiger partial charge in [-0.05, 0) is 19.1 Å². The zero-order valence-electron chi connectivity index (χ0n) is 11.4. The highest BCUT2D eigenvalue weighted by molar-refractivity contribution is 5.57. The van der Waals surface area contributed by atoms with Gasteiger partial charge in [0, 0.05) is 12.1 Å². The zero-order chi connectivity index (χ0) is 15.5. The molecule has 21 heavy (non-hydrogen) atoms. The second kappa shape index (κ2) is 5.94. The summed E-state index contributed by atoms with van der Waals surface area (Å²) in [5, 5.41) is 2.91. The van der Waals surface area contributed by atoms with Crippen molar-refractivity contribution in [3.63, 3.8) is 0 Å². The van der Waals surface area contributed by atoms with Gasteiger partial charge in [-0.2, -0.15) is 28.1 Å². The molecular formula is C13H13F3N4O. The molecule has 8 heteroatoms. The number of hydrogen-bond donors (Lipinski definition) is 1. The highest BCUT2D eigenvalue weighted by atomic mass is 19.4. The zero-order valence-corrected chi connectivity index (χ0v) is 11.4. The SMILES string of the molecule is CCNc1nc(OC)nc(-c2ccc(C(F)(F)F)cc2)n1. The first-order valence-corrected chi connectivity index (χ1v) is 6.15. The highest BCUT2D eigenvalue weighted by Gasteiger charge is 2.30. The second-order valence-corrected chi connectivity index (χ2v) is 4.07. The number of rotatable bonds is 4. The summed E-state index contributed by atoms with van der Waals surface area (Å²) in [6.07, 6.45) is -4.37. The van der Waals surface area contributed by atoms with Gasteiger partial charge in [0.15, 0.2) is 5.82 Å². The van der Waals surface area contributed by atoms with Crippen LogP contribution in [0.5, 0.6) is 6.01 Å². The van der Waals surface area contributed by atoms with Crippen LogP contribution < -0.4 is 10.1 Å². The third kappa shape index (κ3) is 3.59. The van der Waals surface area contributed by atoms with Crippen molar-refractivity contribution in [2.45, 2.75) is 13.1 Å². The molecule has 0 bridgehead atoms. The molecule has 0 aliphatic rings. The minimum absolute atomic E-state index is 0.0934. The molecule has 0 fully saturated rings. The van der Waals surface area contributed by atoms with Crippen LogP contribution in [-0.4, -0.2) is 28.6 Å². The van der Waals surface area contributed by atoms with Crippen LogP contribution in [0.1, 0.15) is 12.5 Å². The summed E-state index contributed by atoms with van der Waals surface area (Å²) in [5.41, 5.74) is -0.276. The predicted molar refractivity (Wildman–Crippen MR) is 71.0 cm³/mol. The van der Waals surface area contributed by atoms with E-state index in [9.17, 15) is 13.2 Å². The molecule has 0 saturated heterocycles. The Morgan fingerprint density at radius 1 is 1.10 bits per heavy atom. The molecule has 2 rings (SSSR count). The lowest BCUT2D eigenvalue weighted by atomic mass is 10.1. The van der Waals surface area contributed by atoms with Crippen molar-refractivity contribution >= 4 is 5.95 Å². The van der Waals surface area contributed by atoms with Gasteiger partial charge in [0.25, 0.3) is 0 Å². The Balaban J connectivity index is 2.39. The Morgan fingerprint density at radius 2 is 1.76 bits per heavy atom. The number of methoxy groups -OCH3 is 1. The van der Waals surface area contributed by atoms with E-state index in [1.165, 1.54) is 19.2 Å². The molecule has 0 aliphatic heterocycles. The van der Waals surface area contributed by atoms with Crippen molar-refractivity contribution < 1.29 is 17.9 Å². The van der Waals surface area contributed by atoms with E-state index in [4.69, 9.17) is 4.74 Å². The van der Waals surface area contributed by atoms with Crippen molar-refractivity contribution in [1.29, 1.82) is 0 Å². The van der Waals surface area contributed by atoms with Crippen LogP contribution in [0.2, 0.25) is 0 Å². The summed E-state index contributed by atoms with van der Waals surface area (Å²) in [5.74, 6) is 0.547. The van der Waals surface area contributed by atoms with Gasteiger partial charge in [0.05, 0.1) is 12.7 Å². The van der Waals surface area contributed by atoms with Crippen LogP contribution >= 0.6 is 0 Å². The van der Waals surface area contributed by atoms with E-state index in [2.05, 4.69) is 20.3 Å². The first-order valence-electron chi connectivity index (χ1n) is 6.15. The van der Waals surface area contributed by atoms with Crippen LogP contribution in [-0.2, 0) is 6.18 Å². The summed E-state index contributed by atoms with van der Waals surface area (Å²) in [7, 11) is 1.40. The quantitative estimate of drug-likeness (QED) is 0.940. The molecule has 1 aromatic carbocycles. The summed E-state index contributed by atoms with van der Waals surface area (Å²) >= 11 is 0. The van der Waals surface area contributed by atoms with E-state index in [0.29, 0.717) is 18.1 Å². The van der Waals surface area contributed by atoms with Crippen LogP contribution in [0.25, 0.3) is 11.4 Å². The van der Waals surface area contributed by atoms with Crippen molar-refractivity contribution in [3.8, 4) is 17.4 Å².